The van der Waals surface area contributed by atoms with Crippen LogP contribution < -0.4 is 15.2 Å². The fourth-order valence-corrected chi connectivity index (χ4v) is 2.62. The number of fused-ring (bicyclic) bond motifs is 1. The lowest BCUT2D eigenvalue weighted by molar-refractivity contribution is 0.297. The van der Waals surface area contributed by atoms with E-state index in [1.807, 2.05) is 12.1 Å². The molecule has 0 radical (unpaired) electrons. The van der Waals surface area contributed by atoms with E-state index in [0.29, 0.717) is 18.2 Å². The summed E-state index contributed by atoms with van der Waals surface area (Å²) in [6.45, 7) is 1.36. The van der Waals surface area contributed by atoms with Crippen LogP contribution in [0.3, 0.4) is 0 Å². The maximum Gasteiger partial charge on any atom is 0.162 e. The van der Waals surface area contributed by atoms with E-state index in [0.717, 1.165) is 35.8 Å². The smallest absolute Gasteiger partial charge is 0.162 e. The lowest BCUT2D eigenvalue weighted by Gasteiger charge is -2.16. The molecule has 0 spiro atoms. The molecular weight excluding hydrogens is 250 g/mol. The molecule has 98 valence electrons. The standard InChI is InChI=1S/C14H18ClNO2/c15-11-8-14-13(17-4-1-5-18-14)7-10(11)12(16)6-9-2-3-9/h7-9,12H,1-6,16H2. The Kier molecular flexibility index (Phi) is 3.35. The van der Waals surface area contributed by atoms with Gasteiger partial charge in [0.05, 0.1) is 13.2 Å². The van der Waals surface area contributed by atoms with Gasteiger partial charge in [0.1, 0.15) is 0 Å². The molecule has 1 aliphatic heterocycles. The van der Waals surface area contributed by atoms with Gasteiger partial charge in [-0.25, -0.2) is 0 Å². The summed E-state index contributed by atoms with van der Waals surface area (Å²) in [5.41, 5.74) is 7.21. The van der Waals surface area contributed by atoms with Gasteiger partial charge in [0.25, 0.3) is 0 Å². The van der Waals surface area contributed by atoms with Crippen molar-refractivity contribution in [1.82, 2.24) is 0 Å². The van der Waals surface area contributed by atoms with E-state index >= 15 is 0 Å². The SMILES string of the molecule is NC(CC1CC1)c1cc2c(cc1Cl)OCCCO2. The second-order valence-corrected chi connectivity index (χ2v) is 5.56. The number of hydrogen-bond acceptors (Lipinski definition) is 3. The molecule has 1 aliphatic carbocycles. The molecule has 1 aromatic carbocycles. The lowest BCUT2D eigenvalue weighted by atomic mass is 10.0. The van der Waals surface area contributed by atoms with Gasteiger partial charge in [0, 0.05) is 23.6 Å². The van der Waals surface area contributed by atoms with Gasteiger partial charge in [-0.3, -0.25) is 0 Å². The highest BCUT2D eigenvalue weighted by Crippen LogP contribution is 2.41. The third-order valence-electron chi connectivity index (χ3n) is 3.55. The van der Waals surface area contributed by atoms with Gasteiger partial charge in [-0.2, -0.15) is 0 Å². The van der Waals surface area contributed by atoms with Crippen LogP contribution in [0.1, 0.15) is 37.3 Å². The van der Waals surface area contributed by atoms with Crippen molar-refractivity contribution in [2.24, 2.45) is 11.7 Å². The minimum Gasteiger partial charge on any atom is -0.490 e. The number of hydrogen-bond donors (Lipinski definition) is 1. The summed E-state index contributed by atoms with van der Waals surface area (Å²) in [6.07, 6.45) is 4.51. The number of nitrogens with two attached hydrogens (primary N) is 1. The highest BCUT2D eigenvalue weighted by atomic mass is 35.5. The van der Waals surface area contributed by atoms with Crippen molar-refractivity contribution in [2.45, 2.75) is 31.7 Å². The van der Waals surface area contributed by atoms with Gasteiger partial charge >= 0.3 is 0 Å². The Morgan fingerprint density at radius 3 is 2.56 bits per heavy atom. The van der Waals surface area contributed by atoms with Crippen LogP contribution in [0.5, 0.6) is 11.5 Å². The van der Waals surface area contributed by atoms with Crippen molar-refractivity contribution < 1.29 is 9.47 Å². The molecule has 4 heteroatoms. The van der Waals surface area contributed by atoms with Crippen LogP contribution in [-0.2, 0) is 0 Å². The molecule has 1 aromatic rings. The van der Waals surface area contributed by atoms with E-state index in [1.165, 1.54) is 12.8 Å². The average molecular weight is 268 g/mol. The minimum atomic E-state index is 0.00199. The van der Waals surface area contributed by atoms with E-state index in [2.05, 4.69) is 0 Å². The molecule has 0 bridgehead atoms. The predicted molar refractivity (Wildman–Crippen MR) is 71.3 cm³/mol. The molecule has 1 saturated carbocycles. The number of benzene rings is 1. The van der Waals surface area contributed by atoms with Crippen molar-refractivity contribution in [1.29, 1.82) is 0 Å². The minimum absolute atomic E-state index is 0.00199. The molecule has 1 fully saturated rings. The molecule has 2 N–H and O–H groups in total. The second-order valence-electron chi connectivity index (χ2n) is 5.16. The highest BCUT2D eigenvalue weighted by molar-refractivity contribution is 6.31. The number of halogens is 1. The lowest BCUT2D eigenvalue weighted by Crippen LogP contribution is -2.12. The third kappa shape index (κ3) is 2.57. The number of rotatable bonds is 3. The first-order valence-electron chi connectivity index (χ1n) is 6.58. The molecular formula is C14H18ClNO2. The van der Waals surface area contributed by atoms with Crippen molar-refractivity contribution in [2.75, 3.05) is 13.2 Å². The Labute approximate surface area is 112 Å². The van der Waals surface area contributed by atoms with Gasteiger partial charge in [-0.15, -0.1) is 0 Å². The zero-order valence-corrected chi connectivity index (χ0v) is 11.1. The molecule has 0 saturated heterocycles. The monoisotopic (exact) mass is 267 g/mol. The summed E-state index contributed by atoms with van der Waals surface area (Å²) in [5, 5.41) is 0.687. The average Bonchev–Trinajstić information content (AvgIpc) is 3.14. The fourth-order valence-electron chi connectivity index (χ4n) is 2.32. The van der Waals surface area contributed by atoms with Crippen LogP contribution in [0.25, 0.3) is 0 Å². The Balaban J connectivity index is 1.86. The topological polar surface area (TPSA) is 44.5 Å². The van der Waals surface area contributed by atoms with Crippen molar-refractivity contribution in [3.8, 4) is 11.5 Å². The summed E-state index contributed by atoms with van der Waals surface area (Å²) in [5.74, 6) is 2.30. The largest absolute Gasteiger partial charge is 0.490 e. The maximum atomic E-state index is 6.30. The normalized spacial score (nSPS) is 20.3. The van der Waals surface area contributed by atoms with E-state index in [4.69, 9.17) is 26.8 Å². The predicted octanol–water partition coefficient (Wildman–Crippen LogP) is 3.30. The first-order valence-corrected chi connectivity index (χ1v) is 6.96. The molecule has 3 nitrogen and oxygen atoms in total. The molecule has 1 unspecified atom stereocenters. The molecule has 1 heterocycles. The van der Waals surface area contributed by atoms with Crippen LogP contribution in [0.2, 0.25) is 5.02 Å². The fraction of sp³-hybridized carbons (Fsp3) is 0.571. The molecule has 0 amide bonds. The van der Waals surface area contributed by atoms with E-state index in [1.54, 1.807) is 0 Å². The Bertz CT molecular complexity index is 446. The third-order valence-corrected chi connectivity index (χ3v) is 3.88. The second kappa shape index (κ2) is 4.98. The molecule has 18 heavy (non-hydrogen) atoms. The Hall–Kier alpha value is -0.930. The molecule has 1 atom stereocenters. The summed E-state index contributed by atoms with van der Waals surface area (Å²) in [4.78, 5) is 0. The Morgan fingerprint density at radius 2 is 1.89 bits per heavy atom. The first kappa shape index (κ1) is 12.1. The molecule has 3 rings (SSSR count). The maximum absolute atomic E-state index is 6.30. The van der Waals surface area contributed by atoms with Crippen LogP contribution in [-0.4, -0.2) is 13.2 Å². The molecule has 2 aliphatic rings. The van der Waals surface area contributed by atoms with Crippen LogP contribution >= 0.6 is 11.6 Å². The van der Waals surface area contributed by atoms with Gasteiger partial charge in [0.15, 0.2) is 11.5 Å². The van der Waals surface area contributed by atoms with E-state index in [-0.39, 0.29) is 6.04 Å². The van der Waals surface area contributed by atoms with E-state index in [9.17, 15) is 0 Å². The zero-order chi connectivity index (χ0) is 12.5. The Morgan fingerprint density at radius 1 is 1.22 bits per heavy atom. The van der Waals surface area contributed by atoms with Gasteiger partial charge in [0.2, 0.25) is 0 Å². The highest BCUT2D eigenvalue weighted by Gasteiger charge is 2.26. The summed E-state index contributed by atoms with van der Waals surface area (Å²) in [6, 6.07) is 3.79. The summed E-state index contributed by atoms with van der Waals surface area (Å²) >= 11 is 6.30. The van der Waals surface area contributed by atoms with Crippen molar-refractivity contribution >= 4 is 11.6 Å². The quantitative estimate of drug-likeness (QED) is 0.914. The van der Waals surface area contributed by atoms with Gasteiger partial charge < -0.3 is 15.2 Å². The van der Waals surface area contributed by atoms with Gasteiger partial charge in [-0.05, 0) is 24.0 Å². The number of ether oxygens (including phenoxy) is 2. The van der Waals surface area contributed by atoms with Crippen molar-refractivity contribution in [3.05, 3.63) is 22.7 Å². The van der Waals surface area contributed by atoms with Crippen LogP contribution in [0, 0.1) is 5.92 Å². The van der Waals surface area contributed by atoms with Crippen LogP contribution in [0.4, 0.5) is 0 Å². The van der Waals surface area contributed by atoms with Crippen LogP contribution in [0.15, 0.2) is 12.1 Å². The molecule has 0 aromatic heterocycles. The van der Waals surface area contributed by atoms with Crippen molar-refractivity contribution in [3.63, 3.8) is 0 Å². The van der Waals surface area contributed by atoms with Gasteiger partial charge in [-0.1, -0.05) is 24.4 Å². The summed E-state index contributed by atoms with van der Waals surface area (Å²) in [7, 11) is 0. The first-order chi connectivity index (χ1) is 8.74. The zero-order valence-electron chi connectivity index (χ0n) is 10.3. The summed E-state index contributed by atoms with van der Waals surface area (Å²) < 4.78 is 11.3. The van der Waals surface area contributed by atoms with E-state index < -0.39 is 0 Å².